The topological polar surface area (TPSA) is 51.8 Å². The summed E-state index contributed by atoms with van der Waals surface area (Å²) < 4.78 is 17.2. The normalized spacial score (nSPS) is 21.9. The molecule has 2 heterocycles. The monoisotopic (exact) mass is 350 g/mol. The van der Waals surface area contributed by atoms with Crippen molar-refractivity contribution < 1.29 is 14.2 Å². The van der Waals surface area contributed by atoms with Gasteiger partial charge in [0, 0.05) is 37.2 Å². The van der Waals surface area contributed by atoms with Crippen LogP contribution in [0.2, 0.25) is 0 Å². The van der Waals surface area contributed by atoms with E-state index in [1.165, 1.54) is 5.56 Å². The van der Waals surface area contributed by atoms with E-state index in [2.05, 4.69) is 29.7 Å². The van der Waals surface area contributed by atoms with Crippen LogP contribution < -0.4 is 20.1 Å². The molecule has 132 valence electrons. The molecular weight excluding hydrogens is 324 g/mol. The first-order valence-electron chi connectivity index (χ1n) is 8.74. The Morgan fingerprint density at radius 1 is 1.38 bits per heavy atom. The van der Waals surface area contributed by atoms with E-state index in [1.807, 2.05) is 6.92 Å². The largest absolute Gasteiger partial charge is 0.494 e. The maximum absolute atomic E-state index is 5.85. The van der Waals surface area contributed by atoms with Crippen LogP contribution in [-0.4, -0.2) is 37.1 Å². The van der Waals surface area contributed by atoms with E-state index in [0.29, 0.717) is 18.3 Å². The van der Waals surface area contributed by atoms with Gasteiger partial charge in [-0.05, 0) is 51.0 Å². The van der Waals surface area contributed by atoms with Crippen molar-refractivity contribution in [2.45, 2.75) is 51.9 Å². The van der Waals surface area contributed by atoms with E-state index >= 15 is 0 Å². The summed E-state index contributed by atoms with van der Waals surface area (Å²) in [4.78, 5) is 0. The molecule has 24 heavy (non-hydrogen) atoms. The molecule has 1 fully saturated rings. The van der Waals surface area contributed by atoms with Crippen molar-refractivity contribution in [3.8, 4) is 11.5 Å². The lowest BCUT2D eigenvalue weighted by molar-refractivity contribution is 0.114. The average Bonchev–Trinajstić information content (AvgIpc) is 3.19. The van der Waals surface area contributed by atoms with Gasteiger partial charge in [-0.2, -0.15) is 0 Å². The molecule has 0 spiro atoms. The zero-order valence-electron chi connectivity index (χ0n) is 14.4. The molecule has 2 aliphatic heterocycles. The lowest BCUT2D eigenvalue weighted by atomic mass is 10.1. The van der Waals surface area contributed by atoms with Crippen molar-refractivity contribution in [3.63, 3.8) is 0 Å². The van der Waals surface area contributed by atoms with Crippen LogP contribution in [0.5, 0.6) is 11.5 Å². The zero-order valence-corrected chi connectivity index (χ0v) is 15.2. The van der Waals surface area contributed by atoms with Crippen LogP contribution >= 0.6 is 12.2 Å². The first-order valence-corrected chi connectivity index (χ1v) is 9.15. The second-order valence-electron chi connectivity index (χ2n) is 6.33. The third-order valence-corrected chi connectivity index (χ3v) is 4.62. The van der Waals surface area contributed by atoms with Gasteiger partial charge in [0.05, 0.1) is 12.7 Å². The lowest BCUT2D eigenvalue weighted by Gasteiger charge is -2.16. The van der Waals surface area contributed by atoms with Crippen molar-refractivity contribution in [2.24, 2.45) is 0 Å². The Hall–Kier alpha value is -1.53. The van der Waals surface area contributed by atoms with Gasteiger partial charge in [-0.3, -0.25) is 0 Å². The highest BCUT2D eigenvalue weighted by Gasteiger charge is 2.22. The van der Waals surface area contributed by atoms with E-state index in [1.54, 1.807) is 0 Å². The van der Waals surface area contributed by atoms with Crippen molar-refractivity contribution >= 4 is 17.3 Å². The van der Waals surface area contributed by atoms with Crippen molar-refractivity contribution in [1.82, 2.24) is 10.6 Å². The summed E-state index contributed by atoms with van der Waals surface area (Å²) >= 11 is 5.36. The van der Waals surface area contributed by atoms with Gasteiger partial charge < -0.3 is 24.8 Å². The van der Waals surface area contributed by atoms with Crippen molar-refractivity contribution in [1.29, 1.82) is 0 Å². The van der Waals surface area contributed by atoms with Gasteiger partial charge in [0.25, 0.3) is 0 Å². The Morgan fingerprint density at radius 2 is 2.25 bits per heavy atom. The number of hydrogen-bond acceptors (Lipinski definition) is 4. The molecule has 0 saturated carbocycles. The minimum Gasteiger partial charge on any atom is -0.494 e. The van der Waals surface area contributed by atoms with Gasteiger partial charge in [-0.15, -0.1) is 0 Å². The highest BCUT2D eigenvalue weighted by Crippen LogP contribution is 2.35. The van der Waals surface area contributed by atoms with Crippen LogP contribution in [0.4, 0.5) is 0 Å². The molecule has 2 N–H and O–H groups in total. The average molecular weight is 350 g/mol. The maximum atomic E-state index is 5.85. The van der Waals surface area contributed by atoms with Crippen LogP contribution in [0.15, 0.2) is 12.1 Å². The molecular formula is C18H26N2O3S. The number of hydrogen-bond donors (Lipinski definition) is 2. The molecule has 0 amide bonds. The third-order valence-electron chi connectivity index (χ3n) is 4.33. The minimum absolute atomic E-state index is 0.229. The first kappa shape index (κ1) is 17.3. The Balaban J connectivity index is 1.57. The molecule has 2 aliphatic rings. The van der Waals surface area contributed by atoms with E-state index in [4.69, 9.17) is 26.4 Å². The zero-order chi connectivity index (χ0) is 16.9. The summed E-state index contributed by atoms with van der Waals surface area (Å²) in [6.07, 6.45) is 3.68. The Labute approximate surface area is 149 Å². The Kier molecular flexibility index (Phi) is 5.79. The fourth-order valence-corrected chi connectivity index (χ4v) is 3.31. The summed E-state index contributed by atoms with van der Waals surface area (Å²) in [5, 5.41) is 7.12. The van der Waals surface area contributed by atoms with Gasteiger partial charge >= 0.3 is 0 Å². The highest BCUT2D eigenvalue weighted by atomic mass is 32.1. The molecule has 1 aromatic carbocycles. The van der Waals surface area contributed by atoms with Gasteiger partial charge in [0.2, 0.25) is 0 Å². The summed E-state index contributed by atoms with van der Waals surface area (Å²) in [6.45, 7) is 6.95. The molecule has 0 bridgehead atoms. The first-order chi connectivity index (χ1) is 11.7. The Morgan fingerprint density at radius 3 is 3.00 bits per heavy atom. The number of fused-ring (bicyclic) bond motifs is 1. The summed E-state index contributed by atoms with van der Waals surface area (Å²) in [7, 11) is 0. The van der Waals surface area contributed by atoms with Crippen LogP contribution in [0.3, 0.4) is 0 Å². The van der Waals surface area contributed by atoms with Crippen LogP contribution in [0, 0.1) is 0 Å². The number of benzene rings is 1. The molecule has 0 aromatic heterocycles. The van der Waals surface area contributed by atoms with E-state index in [9.17, 15) is 0 Å². The standard InChI is InChI=1S/C18H26N2O3S/c1-3-21-16-8-13-7-12(2)23-17(13)9-14(16)10-19-18(24)20-11-15-5-4-6-22-15/h8-9,12,15H,3-7,10-11H2,1-2H3,(H2,19,20,24)/t12-,15+/m0/s1. The molecule has 0 radical (unpaired) electrons. The van der Waals surface area contributed by atoms with Gasteiger partial charge in [-0.25, -0.2) is 0 Å². The minimum atomic E-state index is 0.229. The van der Waals surface area contributed by atoms with E-state index < -0.39 is 0 Å². The van der Waals surface area contributed by atoms with Gasteiger partial charge in [-0.1, -0.05) is 0 Å². The molecule has 0 unspecified atom stereocenters. The van der Waals surface area contributed by atoms with Gasteiger partial charge in [0.1, 0.15) is 17.6 Å². The fraction of sp³-hybridized carbons (Fsp3) is 0.611. The summed E-state index contributed by atoms with van der Waals surface area (Å²) in [5.74, 6) is 1.87. The maximum Gasteiger partial charge on any atom is 0.166 e. The molecule has 1 aromatic rings. The van der Waals surface area contributed by atoms with Crippen LogP contribution in [0.25, 0.3) is 0 Å². The number of rotatable bonds is 6. The van der Waals surface area contributed by atoms with Crippen molar-refractivity contribution in [2.75, 3.05) is 19.8 Å². The molecule has 6 heteroatoms. The lowest BCUT2D eigenvalue weighted by Crippen LogP contribution is -2.39. The predicted molar refractivity (Wildman–Crippen MR) is 97.8 cm³/mol. The fourth-order valence-electron chi connectivity index (χ4n) is 3.16. The molecule has 1 saturated heterocycles. The number of ether oxygens (including phenoxy) is 3. The quantitative estimate of drug-likeness (QED) is 0.769. The number of thiocarbonyl (C=S) groups is 1. The van der Waals surface area contributed by atoms with Crippen molar-refractivity contribution in [3.05, 3.63) is 23.3 Å². The van der Waals surface area contributed by atoms with Gasteiger partial charge in [0.15, 0.2) is 5.11 Å². The predicted octanol–water partition coefficient (Wildman–Crippen LogP) is 2.55. The third kappa shape index (κ3) is 4.30. The molecule has 5 nitrogen and oxygen atoms in total. The summed E-state index contributed by atoms with van der Waals surface area (Å²) in [6, 6.07) is 4.17. The highest BCUT2D eigenvalue weighted by molar-refractivity contribution is 7.80. The van der Waals surface area contributed by atoms with E-state index in [-0.39, 0.29) is 12.2 Å². The molecule has 0 aliphatic carbocycles. The summed E-state index contributed by atoms with van der Waals surface area (Å²) in [5.41, 5.74) is 2.28. The second-order valence-corrected chi connectivity index (χ2v) is 6.74. The van der Waals surface area contributed by atoms with E-state index in [0.717, 1.165) is 49.5 Å². The number of nitrogens with one attached hydrogen (secondary N) is 2. The Bertz CT molecular complexity index is 588. The molecule has 3 rings (SSSR count). The molecule has 2 atom stereocenters. The SMILES string of the molecule is CCOc1cc2c(cc1CNC(=S)NC[C@H]1CCCO1)O[C@@H](C)C2. The van der Waals surface area contributed by atoms with Crippen LogP contribution in [0.1, 0.15) is 37.8 Å². The smallest absolute Gasteiger partial charge is 0.166 e. The van der Waals surface area contributed by atoms with Crippen LogP contribution in [-0.2, 0) is 17.7 Å². The second kappa shape index (κ2) is 8.03.